The van der Waals surface area contributed by atoms with E-state index in [0.717, 1.165) is 6.42 Å². The van der Waals surface area contributed by atoms with Gasteiger partial charge in [0, 0.05) is 26.2 Å². The van der Waals surface area contributed by atoms with E-state index in [0.29, 0.717) is 13.0 Å². The number of carbonyl (C=O) groups is 1. The van der Waals surface area contributed by atoms with Gasteiger partial charge < -0.3 is 14.6 Å². The van der Waals surface area contributed by atoms with E-state index in [9.17, 15) is 9.90 Å². The minimum absolute atomic E-state index is 0.107. The van der Waals surface area contributed by atoms with Crippen LogP contribution in [0.2, 0.25) is 0 Å². The zero-order chi connectivity index (χ0) is 16.0. The van der Waals surface area contributed by atoms with Crippen LogP contribution in [0.25, 0.3) is 0 Å². The van der Waals surface area contributed by atoms with Crippen LogP contribution in [-0.2, 0) is 14.3 Å². The first-order chi connectivity index (χ1) is 9.02. The minimum atomic E-state index is -0.968. The Morgan fingerprint density at radius 3 is 2.20 bits per heavy atom. The third-order valence-electron chi connectivity index (χ3n) is 3.43. The van der Waals surface area contributed by atoms with Crippen LogP contribution in [0.1, 0.15) is 54.4 Å². The van der Waals surface area contributed by atoms with Crippen molar-refractivity contribution < 1.29 is 19.4 Å². The summed E-state index contributed by atoms with van der Waals surface area (Å²) in [5.74, 6) is -0.848. The lowest BCUT2D eigenvalue weighted by atomic mass is 9.94. The number of hydrogen-bond donors (Lipinski definition) is 2. The normalized spacial score (nSPS) is 17.0. The molecule has 0 aliphatic carbocycles. The van der Waals surface area contributed by atoms with E-state index >= 15 is 0 Å². The van der Waals surface area contributed by atoms with Crippen LogP contribution in [0.4, 0.5) is 0 Å². The summed E-state index contributed by atoms with van der Waals surface area (Å²) in [6.07, 6.45) is 1.07. The maximum atomic E-state index is 11.4. The van der Waals surface area contributed by atoms with Crippen LogP contribution in [0.3, 0.4) is 0 Å². The van der Waals surface area contributed by atoms with Crippen molar-refractivity contribution in [2.24, 2.45) is 0 Å². The summed E-state index contributed by atoms with van der Waals surface area (Å²) in [5, 5.41) is 12.5. The Morgan fingerprint density at radius 2 is 1.80 bits per heavy atom. The molecule has 0 spiro atoms. The molecule has 0 radical (unpaired) electrons. The first-order valence-electron chi connectivity index (χ1n) is 7.20. The van der Waals surface area contributed by atoms with Crippen LogP contribution in [-0.4, -0.2) is 48.1 Å². The van der Waals surface area contributed by atoms with Gasteiger partial charge in [0.05, 0.1) is 11.7 Å². The second kappa shape index (κ2) is 7.96. The molecule has 0 aromatic carbocycles. The highest BCUT2D eigenvalue weighted by Gasteiger charge is 2.35. The molecule has 2 unspecified atom stereocenters. The van der Waals surface area contributed by atoms with Crippen LogP contribution < -0.4 is 5.32 Å². The van der Waals surface area contributed by atoms with Gasteiger partial charge in [-0.3, -0.25) is 10.1 Å². The van der Waals surface area contributed by atoms with E-state index in [1.807, 2.05) is 34.6 Å². The molecule has 2 N–H and O–H groups in total. The van der Waals surface area contributed by atoms with Crippen molar-refractivity contribution >= 4 is 5.97 Å². The number of nitrogens with one attached hydrogen (secondary N) is 1. The Balaban J connectivity index is 4.34. The fraction of sp³-hybridized carbons (Fsp3) is 0.933. The summed E-state index contributed by atoms with van der Waals surface area (Å²) in [4.78, 5) is 11.4. The fourth-order valence-electron chi connectivity index (χ4n) is 2.09. The quantitative estimate of drug-likeness (QED) is 0.646. The average molecular weight is 289 g/mol. The molecule has 0 rings (SSSR count). The van der Waals surface area contributed by atoms with E-state index in [2.05, 4.69) is 5.32 Å². The van der Waals surface area contributed by atoms with Gasteiger partial charge in [0.2, 0.25) is 0 Å². The molecule has 0 aliphatic rings. The zero-order valence-corrected chi connectivity index (χ0v) is 13.9. The van der Waals surface area contributed by atoms with Gasteiger partial charge in [-0.05, 0) is 48.0 Å². The molecule has 5 nitrogen and oxygen atoms in total. The average Bonchev–Trinajstić information content (AvgIpc) is 2.27. The summed E-state index contributed by atoms with van der Waals surface area (Å²) in [5.41, 5.74) is -1.18. The highest BCUT2D eigenvalue weighted by atomic mass is 16.5. The lowest BCUT2D eigenvalue weighted by Gasteiger charge is -2.31. The molecule has 0 aliphatic heterocycles. The highest BCUT2D eigenvalue weighted by molar-refractivity contribution is 5.78. The second-order valence-electron chi connectivity index (χ2n) is 6.54. The van der Waals surface area contributed by atoms with Crippen molar-refractivity contribution in [3.63, 3.8) is 0 Å². The van der Waals surface area contributed by atoms with Gasteiger partial charge in [-0.25, -0.2) is 0 Å². The van der Waals surface area contributed by atoms with E-state index < -0.39 is 11.5 Å². The van der Waals surface area contributed by atoms with Crippen LogP contribution in [0.15, 0.2) is 0 Å². The van der Waals surface area contributed by atoms with Crippen molar-refractivity contribution in [1.82, 2.24) is 5.32 Å². The van der Waals surface area contributed by atoms with Gasteiger partial charge in [-0.1, -0.05) is 0 Å². The maximum absolute atomic E-state index is 11.4. The molecular weight excluding hydrogens is 258 g/mol. The number of rotatable bonds is 10. The molecule has 5 heteroatoms. The van der Waals surface area contributed by atoms with Gasteiger partial charge in [0.25, 0.3) is 0 Å². The van der Waals surface area contributed by atoms with Gasteiger partial charge >= 0.3 is 5.97 Å². The molecular formula is C15H31NO4. The second-order valence-corrected chi connectivity index (χ2v) is 6.54. The van der Waals surface area contributed by atoms with Crippen molar-refractivity contribution in [2.75, 3.05) is 13.7 Å². The zero-order valence-electron chi connectivity index (χ0n) is 13.9. The van der Waals surface area contributed by atoms with Gasteiger partial charge in [-0.15, -0.1) is 0 Å². The first kappa shape index (κ1) is 19.4. The Labute approximate surface area is 123 Å². The van der Waals surface area contributed by atoms with Crippen molar-refractivity contribution in [2.45, 2.75) is 77.7 Å². The number of methoxy groups -OCH3 is 1. The standard InChI is InChI=1S/C15H31NO4/c1-11(2)16-15(6,13(17)18)10-12(3)20-9-8-14(4,5)19-7/h11-12,16H,8-10H2,1-7H3,(H,17,18). The van der Waals surface area contributed by atoms with E-state index in [1.165, 1.54) is 0 Å². The fourth-order valence-corrected chi connectivity index (χ4v) is 2.09. The van der Waals surface area contributed by atoms with Gasteiger partial charge in [0.15, 0.2) is 0 Å². The molecule has 0 saturated heterocycles. The Hall–Kier alpha value is -0.650. The van der Waals surface area contributed by atoms with E-state index in [4.69, 9.17) is 9.47 Å². The Bertz CT molecular complexity index is 304. The largest absolute Gasteiger partial charge is 0.480 e. The van der Waals surface area contributed by atoms with E-state index in [1.54, 1.807) is 14.0 Å². The molecule has 0 aromatic rings. The van der Waals surface area contributed by atoms with Crippen LogP contribution >= 0.6 is 0 Å². The maximum Gasteiger partial charge on any atom is 0.323 e. The third-order valence-corrected chi connectivity index (χ3v) is 3.43. The monoisotopic (exact) mass is 289 g/mol. The predicted octanol–water partition coefficient (Wildman–Crippen LogP) is 2.44. The van der Waals surface area contributed by atoms with Crippen molar-refractivity contribution in [1.29, 1.82) is 0 Å². The molecule has 0 fully saturated rings. The summed E-state index contributed by atoms with van der Waals surface area (Å²) in [6, 6.07) is 0.107. The smallest absolute Gasteiger partial charge is 0.323 e. The number of hydrogen-bond acceptors (Lipinski definition) is 4. The number of carboxylic acids is 1. The molecule has 0 saturated carbocycles. The molecule has 0 amide bonds. The number of aliphatic carboxylic acids is 1. The van der Waals surface area contributed by atoms with Crippen molar-refractivity contribution in [3.8, 4) is 0 Å². The molecule has 0 heterocycles. The summed E-state index contributed by atoms with van der Waals surface area (Å²) < 4.78 is 11.0. The molecule has 2 atom stereocenters. The van der Waals surface area contributed by atoms with Crippen LogP contribution in [0, 0.1) is 0 Å². The van der Waals surface area contributed by atoms with E-state index in [-0.39, 0.29) is 17.7 Å². The summed E-state index contributed by atoms with van der Waals surface area (Å²) in [6.45, 7) is 12.0. The molecule has 120 valence electrons. The minimum Gasteiger partial charge on any atom is -0.480 e. The molecule has 0 bridgehead atoms. The summed E-state index contributed by atoms with van der Waals surface area (Å²) in [7, 11) is 1.68. The topological polar surface area (TPSA) is 67.8 Å². The van der Waals surface area contributed by atoms with Gasteiger partial charge in [0.1, 0.15) is 5.54 Å². The number of carboxylic acid groups (broad SMARTS) is 1. The first-order valence-corrected chi connectivity index (χ1v) is 7.20. The molecule has 20 heavy (non-hydrogen) atoms. The lowest BCUT2D eigenvalue weighted by Crippen LogP contribution is -2.54. The SMILES string of the molecule is COC(C)(C)CCOC(C)CC(C)(NC(C)C)C(=O)O. The third kappa shape index (κ3) is 7.22. The van der Waals surface area contributed by atoms with Crippen LogP contribution in [0.5, 0.6) is 0 Å². The highest BCUT2D eigenvalue weighted by Crippen LogP contribution is 2.18. The Morgan fingerprint density at radius 1 is 1.25 bits per heavy atom. The lowest BCUT2D eigenvalue weighted by molar-refractivity contribution is -0.146. The van der Waals surface area contributed by atoms with Gasteiger partial charge in [-0.2, -0.15) is 0 Å². The Kier molecular flexibility index (Phi) is 7.70. The summed E-state index contributed by atoms with van der Waals surface area (Å²) >= 11 is 0. The molecule has 0 aromatic heterocycles. The van der Waals surface area contributed by atoms with Crippen molar-refractivity contribution in [3.05, 3.63) is 0 Å². The predicted molar refractivity (Wildman–Crippen MR) is 80.0 cm³/mol. The number of ether oxygens (including phenoxy) is 2.